The van der Waals surface area contributed by atoms with Gasteiger partial charge in [0, 0.05) is 19.4 Å². The molecule has 3 heteroatoms. The van der Waals surface area contributed by atoms with Crippen LogP contribution in [-0.4, -0.2) is 44.1 Å². The summed E-state index contributed by atoms with van der Waals surface area (Å²) in [5.41, 5.74) is 0. The first-order chi connectivity index (χ1) is 13.4. The molecule has 0 heterocycles. The summed E-state index contributed by atoms with van der Waals surface area (Å²) in [4.78, 5) is 11.9. The standard InChI is InChI=1S/C25H52N2O/c1-6-27(4,5)23-19-22-26-25(28)21-18-16-14-12-10-8-7-9-11-13-15-17-20-24(2)3/h24H,6-23H2,1-5H3/p+1. The first-order valence-electron chi connectivity index (χ1n) is 12.5. The highest BCUT2D eigenvalue weighted by atomic mass is 16.1. The van der Waals surface area contributed by atoms with E-state index in [9.17, 15) is 4.79 Å². The van der Waals surface area contributed by atoms with Crippen LogP contribution in [0.2, 0.25) is 0 Å². The van der Waals surface area contributed by atoms with Crippen molar-refractivity contribution in [2.75, 3.05) is 33.7 Å². The second-order valence-corrected chi connectivity index (χ2v) is 9.85. The highest BCUT2D eigenvalue weighted by Crippen LogP contribution is 2.14. The largest absolute Gasteiger partial charge is 0.356 e. The topological polar surface area (TPSA) is 29.1 Å². The van der Waals surface area contributed by atoms with E-state index < -0.39 is 0 Å². The van der Waals surface area contributed by atoms with Gasteiger partial charge in [-0.3, -0.25) is 4.79 Å². The van der Waals surface area contributed by atoms with Crippen LogP contribution in [-0.2, 0) is 4.79 Å². The van der Waals surface area contributed by atoms with Crippen molar-refractivity contribution in [3.05, 3.63) is 0 Å². The zero-order valence-corrected chi connectivity index (χ0v) is 20.2. The fourth-order valence-electron chi connectivity index (χ4n) is 3.59. The Bertz CT molecular complexity index is 352. The third kappa shape index (κ3) is 20.2. The molecule has 0 aromatic heterocycles. The molecular weight excluding hydrogens is 344 g/mol. The molecule has 1 N–H and O–H groups in total. The van der Waals surface area contributed by atoms with Crippen molar-refractivity contribution in [3.63, 3.8) is 0 Å². The summed E-state index contributed by atoms with van der Waals surface area (Å²) in [6, 6.07) is 0. The second kappa shape index (κ2) is 18.5. The van der Waals surface area contributed by atoms with Gasteiger partial charge < -0.3 is 9.80 Å². The maximum Gasteiger partial charge on any atom is 0.219 e. The Morgan fingerprint density at radius 3 is 1.68 bits per heavy atom. The van der Waals surface area contributed by atoms with Gasteiger partial charge in [0.15, 0.2) is 0 Å². The predicted molar refractivity (Wildman–Crippen MR) is 125 cm³/mol. The number of rotatable bonds is 20. The molecule has 0 saturated heterocycles. The molecule has 0 unspecified atom stereocenters. The molecule has 0 fully saturated rings. The maximum atomic E-state index is 11.9. The summed E-state index contributed by atoms with van der Waals surface area (Å²) in [6.45, 7) is 9.97. The third-order valence-corrected chi connectivity index (χ3v) is 6.05. The Labute approximate surface area is 177 Å². The van der Waals surface area contributed by atoms with Crippen molar-refractivity contribution in [1.29, 1.82) is 0 Å². The average molecular weight is 398 g/mol. The summed E-state index contributed by atoms with van der Waals surface area (Å²) >= 11 is 0. The van der Waals surface area contributed by atoms with Crippen LogP contribution in [0, 0.1) is 5.92 Å². The monoisotopic (exact) mass is 397 g/mol. The third-order valence-electron chi connectivity index (χ3n) is 6.05. The normalized spacial score (nSPS) is 11.9. The fraction of sp³-hybridized carbons (Fsp3) is 0.960. The molecule has 0 bridgehead atoms. The SMILES string of the molecule is CC[N+](C)(C)CCCNC(=O)CCCCCCCCCCCCCCC(C)C. The molecule has 0 atom stereocenters. The Kier molecular flexibility index (Phi) is 18.1. The number of nitrogens with one attached hydrogen (secondary N) is 1. The summed E-state index contributed by atoms with van der Waals surface area (Å²) in [6.07, 6.45) is 19.4. The molecular formula is C25H53N2O+. The van der Waals surface area contributed by atoms with Crippen molar-refractivity contribution >= 4 is 5.91 Å². The Hall–Kier alpha value is -0.570. The van der Waals surface area contributed by atoms with Crippen LogP contribution >= 0.6 is 0 Å². The molecule has 28 heavy (non-hydrogen) atoms. The smallest absolute Gasteiger partial charge is 0.219 e. The van der Waals surface area contributed by atoms with Crippen LogP contribution in [0.3, 0.4) is 0 Å². The zero-order valence-electron chi connectivity index (χ0n) is 20.2. The molecule has 0 rings (SSSR count). The van der Waals surface area contributed by atoms with Crippen LogP contribution in [0.4, 0.5) is 0 Å². The van der Waals surface area contributed by atoms with Gasteiger partial charge in [-0.15, -0.1) is 0 Å². The summed E-state index contributed by atoms with van der Waals surface area (Å²) in [7, 11) is 4.49. The van der Waals surface area contributed by atoms with Gasteiger partial charge in [0.25, 0.3) is 0 Å². The van der Waals surface area contributed by atoms with E-state index in [-0.39, 0.29) is 5.91 Å². The van der Waals surface area contributed by atoms with Crippen LogP contribution < -0.4 is 5.32 Å². The van der Waals surface area contributed by atoms with Crippen LogP contribution in [0.25, 0.3) is 0 Å². The lowest BCUT2D eigenvalue weighted by Crippen LogP contribution is -2.41. The lowest BCUT2D eigenvalue weighted by atomic mass is 10.0. The fourth-order valence-corrected chi connectivity index (χ4v) is 3.59. The van der Waals surface area contributed by atoms with Crippen molar-refractivity contribution in [2.24, 2.45) is 5.92 Å². The molecule has 3 nitrogen and oxygen atoms in total. The highest BCUT2D eigenvalue weighted by Gasteiger charge is 2.10. The first kappa shape index (κ1) is 27.4. The average Bonchev–Trinajstić information content (AvgIpc) is 2.65. The minimum absolute atomic E-state index is 0.246. The van der Waals surface area contributed by atoms with E-state index in [1.807, 2.05) is 0 Å². The molecule has 0 saturated carbocycles. The van der Waals surface area contributed by atoms with E-state index in [0.29, 0.717) is 6.42 Å². The van der Waals surface area contributed by atoms with Crippen LogP contribution in [0.5, 0.6) is 0 Å². The lowest BCUT2D eigenvalue weighted by Gasteiger charge is -2.28. The van der Waals surface area contributed by atoms with Crippen molar-refractivity contribution < 1.29 is 9.28 Å². The molecule has 0 aliphatic rings. The molecule has 0 radical (unpaired) electrons. The number of nitrogens with zero attached hydrogens (tertiary/aromatic N) is 1. The van der Waals surface area contributed by atoms with Crippen molar-refractivity contribution in [3.8, 4) is 0 Å². The molecule has 168 valence electrons. The quantitative estimate of drug-likeness (QED) is 0.179. The molecule has 0 aromatic carbocycles. The lowest BCUT2D eigenvalue weighted by molar-refractivity contribution is -0.888. The van der Waals surface area contributed by atoms with Crippen molar-refractivity contribution in [2.45, 2.75) is 117 Å². The van der Waals surface area contributed by atoms with Crippen LogP contribution in [0.1, 0.15) is 117 Å². The molecule has 0 aliphatic carbocycles. The first-order valence-corrected chi connectivity index (χ1v) is 12.5. The number of hydrogen-bond donors (Lipinski definition) is 1. The van der Waals surface area contributed by atoms with Crippen molar-refractivity contribution in [1.82, 2.24) is 5.32 Å². The Morgan fingerprint density at radius 1 is 0.750 bits per heavy atom. The number of unbranched alkanes of at least 4 members (excludes halogenated alkanes) is 11. The molecule has 0 aromatic rings. The predicted octanol–water partition coefficient (Wildman–Crippen LogP) is 6.71. The van der Waals surface area contributed by atoms with E-state index >= 15 is 0 Å². The van der Waals surface area contributed by atoms with Gasteiger partial charge in [-0.25, -0.2) is 0 Å². The summed E-state index contributed by atoms with van der Waals surface area (Å²) in [5, 5.41) is 3.08. The van der Waals surface area contributed by atoms with E-state index in [2.05, 4.69) is 40.2 Å². The van der Waals surface area contributed by atoms with Gasteiger partial charge in [-0.2, -0.15) is 0 Å². The minimum atomic E-state index is 0.246. The number of hydrogen-bond acceptors (Lipinski definition) is 1. The minimum Gasteiger partial charge on any atom is -0.356 e. The Balaban J connectivity index is 3.23. The van der Waals surface area contributed by atoms with Crippen LogP contribution in [0.15, 0.2) is 0 Å². The molecule has 1 amide bonds. The van der Waals surface area contributed by atoms with E-state index in [1.54, 1.807) is 0 Å². The van der Waals surface area contributed by atoms with Gasteiger partial charge in [0.05, 0.1) is 27.2 Å². The molecule has 0 spiro atoms. The number of carbonyl (C=O) groups is 1. The summed E-state index contributed by atoms with van der Waals surface area (Å²) < 4.78 is 1.04. The highest BCUT2D eigenvalue weighted by molar-refractivity contribution is 5.75. The number of carbonyl (C=O) groups excluding carboxylic acids is 1. The van der Waals surface area contributed by atoms with Gasteiger partial charge in [-0.1, -0.05) is 90.9 Å². The number of amides is 1. The number of quaternary nitrogens is 1. The van der Waals surface area contributed by atoms with E-state index in [1.165, 1.54) is 77.0 Å². The Morgan fingerprint density at radius 2 is 1.21 bits per heavy atom. The second-order valence-electron chi connectivity index (χ2n) is 9.85. The molecule has 0 aliphatic heterocycles. The zero-order chi connectivity index (χ0) is 21.1. The van der Waals surface area contributed by atoms with Gasteiger partial charge in [0.2, 0.25) is 5.91 Å². The van der Waals surface area contributed by atoms with Gasteiger partial charge in [-0.05, 0) is 19.3 Å². The van der Waals surface area contributed by atoms with Gasteiger partial charge >= 0.3 is 0 Å². The van der Waals surface area contributed by atoms with Gasteiger partial charge in [0.1, 0.15) is 0 Å². The van der Waals surface area contributed by atoms with E-state index in [0.717, 1.165) is 42.9 Å². The van der Waals surface area contributed by atoms with E-state index in [4.69, 9.17) is 0 Å². The maximum absolute atomic E-state index is 11.9. The summed E-state index contributed by atoms with van der Waals surface area (Å²) in [5.74, 6) is 1.12.